The molecule has 0 saturated heterocycles. The van der Waals surface area contributed by atoms with Gasteiger partial charge in [0.25, 0.3) is 5.70 Å². The van der Waals surface area contributed by atoms with E-state index in [0.717, 1.165) is 38.2 Å². The molecule has 0 aliphatic heterocycles. The van der Waals surface area contributed by atoms with E-state index in [2.05, 4.69) is 117 Å². The molecule has 4 nitrogen and oxygen atoms in total. The predicted molar refractivity (Wildman–Crippen MR) is 166 cm³/mol. The number of thiophene rings is 1. The lowest BCUT2D eigenvalue weighted by Gasteiger charge is -2.28. The van der Waals surface area contributed by atoms with Crippen molar-refractivity contribution in [1.29, 1.82) is 5.26 Å². The highest BCUT2D eigenvalue weighted by molar-refractivity contribution is 7.16. The topological polar surface area (TPSA) is 44.3 Å². The molecular weight excluding hydrogens is 508 g/mol. The number of nitrogens with zero attached hydrogens (tertiary/aromatic N) is 4. The van der Waals surface area contributed by atoms with Gasteiger partial charge in [-0.25, -0.2) is 15.1 Å². The fourth-order valence-corrected chi connectivity index (χ4v) is 6.88. The second-order valence-corrected chi connectivity index (χ2v) is 12.0. The summed E-state index contributed by atoms with van der Waals surface area (Å²) >= 11 is 1.62. The summed E-state index contributed by atoms with van der Waals surface area (Å²) in [5.74, 6) is 0.875. The second-order valence-electron chi connectivity index (χ2n) is 10.9. The van der Waals surface area contributed by atoms with Crippen LogP contribution in [0.4, 0.5) is 17.2 Å². The maximum absolute atomic E-state index is 9.23. The molecular formula is C35H28N4S. The summed E-state index contributed by atoms with van der Waals surface area (Å²) in [5.41, 5.74) is 9.08. The molecule has 5 heteroatoms. The van der Waals surface area contributed by atoms with Crippen LogP contribution >= 0.6 is 11.3 Å². The highest BCUT2D eigenvalue weighted by atomic mass is 32.1. The molecule has 0 bridgehead atoms. The molecule has 0 unspecified atom stereocenters. The summed E-state index contributed by atoms with van der Waals surface area (Å²) in [6.45, 7) is 18.1. The van der Waals surface area contributed by atoms with Crippen molar-refractivity contribution in [2.45, 2.75) is 40.0 Å². The van der Waals surface area contributed by atoms with Crippen LogP contribution in [0.5, 0.6) is 0 Å². The van der Waals surface area contributed by atoms with Crippen LogP contribution in [-0.4, -0.2) is 4.98 Å². The Hall–Kier alpha value is -4.71. The number of benzene rings is 3. The zero-order valence-corrected chi connectivity index (χ0v) is 24.0. The van der Waals surface area contributed by atoms with Crippen molar-refractivity contribution in [2.75, 3.05) is 4.90 Å². The van der Waals surface area contributed by atoms with Crippen LogP contribution < -0.4 is 4.90 Å². The van der Waals surface area contributed by atoms with Crippen LogP contribution in [0.1, 0.15) is 46.7 Å². The van der Waals surface area contributed by atoms with Gasteiger partial charge in [0.1, 0.15) is 5.82 Å². The zero-order chi connectivity index (χ0) is 28.2. The lowest BCUT2D eigenvalue weighted by Crippen LogP contribution is -2.19. The quantitative estimate of drug-likeness (QED) is 0.170. The van der Waals surface area contributed by atoms with E-state index in [9.17, 15) is 5.26 Å². The molecule has 3 aromatic carbocycles. The first-order chi connectivity index (χ1) is 19.2. The number of anilines is 3. The summed E-state index contributed by atoms with van der Waals surface area (Å²) in [5, 5.41) is 11.6. The van der Waals surface area contributed by atoms with Crippen LogP contribution in [0.2, 0.25) is 0 Å². The maximum atomic E-state index is 9.23. The van der Waals surface area contributed by atoms with Crippen molar-refractivity contribution in [3.63, 3.8) is 0 Å². The molecule has 0 atom stereocenters. The average Bonchev–Trinajstić information content (AvgIpc) is 3.46. The molecule has 6 rings (SSSR count). The Morgan fingerprint density at radius 3 is 2.38 bits per heavy atom. The van der Waals surface area contributed by atoms with E-state index in [1.807, 2.05) is 6.07 Å². The second kappa shape index (κ2) is 9.49. The number of rotatable bonds is 4. The molecule has 5 aromatic rings. The van der Waals surface area contributed by atoms with Crippen LogP contribution in [0, 0.1) is 38.7 Å². The minimum absolute atomic E-state index is 0.0983. The fourth-order valence-electron chi connectivity index (χ4n) is 5.60. The van der Waals surface area contributed by atoms with Crippen LogP contribution in [0.15, 0.2) is 78.5 Å². The van der Waals surface area contributed by atoms with E-state index >= 15 is 0 Å². The summed E-state index contributed by atoms with van der Waals surface area (Å²) in [6.07, 6.45) is 1.68. The van der Waals surface area contributed by atoms with Gasteiger partial charge in [0, 0.05) is 32.1 Å². The van der Waals surface area contributed by atoms with Crippen molar-refractivity contribution >= 4 is 45.4 Å². The Morgan fingerprint density at radius 2 is 1.68 bits per heavy atom. The highest BCUT2D eigenvalue weighted by Crippen LogP contribution is 2.53. The minimum Gasteiger partial charge on any atom is -0.295 e. The van der Waals surface area contributed by atoms with Crippen molar-refractivity contribution in [2.24, 2.45) is 0 Å². The Kier molecular flexibility index (Phi) is 6.06. The van der Waals surface area contributed by atoms with Gasteiger partial charge < -0.3 is 0 Å². The van der Waals surface area contributed by atoms with Crippen LogP contribution in [0.3, 0.4) is 0 Å². The van der Waals surface area contributed by atoms with Gasteiger partial charge in [0.15, 0.2) is 0 Å². The van der Waals surface area contributed by atoms with Gasteiger partial charge in [-0.15, -0.1) is 11.3 Å². The van der Waals surface area contributed by atoms with Crippen molar-refractivity contribution in [1.82, 2.24) is 4.98 Å². The van der Waals surface area contributed by atoms with Gasteiger partial charge in [0.2, 0.25) is 0 Å². The van der Waals surface area contributed by atoms with Gasteiger partial charge >= 0.3 is 0 Å². The largest absolute Gasteiger partial charge is 0.295 e. The molecule has 0 spiro atoms. The molecule has 0 saturated carbocycles. The molecule has 1 aliphatic rings. The summed E-state index contributed by atoms with van der Waals surface area (Å²) in [6, 6.07) is 27.9. The van der Waals surface area contributed by atoms with E-state index in [0.29, 0.717) is 0 Å². The molecule has 0 amide bonds. The normalized spacial score (nSPS) is 13.4. The van der Waals surface area contributed by atoms with E-state index < -0.39 is 0 Å². The molecule has 194 valence electrons. The average molecular weight is 537 g/mol. The van der Waals surface area contributed by atoms with Crippen LogP contribution in [-0.2, 0) is 5.41 Å². The SMILES string of the molecule is [C-]#[N+]/C(C#N)=C\c1cc2c(s1)-c1ccc(N(c3cc(C)c(C)c(C)c3)c3ccc4ccccc4c3)nc1C2(C)C. The zero-order valence-electron chi connectivity index (χ0n) is 23.2. The number of pyridine rings is 1. The lowest BCUT2D eigenvalue weighted by molar-refractivity contribution is 0.638. The first-order valence-corrected chi connectivity index (χ1v) is 14.0. The van der Waals surface area contributed by atoms with E-state index in [-0.39, 0.29) is 11.1 Å². The van der Waals surface area contributed by atoms with Crippen molar-refractivity contribution in [3.05, 3.63) is 123 Å². The van der Waals surface area contributed by atoms with Gasteiger partial charge in [-0.2, -0.15) is 0 Å². The smallest absolute Gasteiger partial charge is 0.263 e. The van der Waals surface area contributed by atoms with Crippen molar-refractivity contribution in [3.8, 4) is 16.5 Å². The standard InChI is InChI=1S/C35H28N4S/c1-21-15-28(16-22(2)23(21)3)39(27-12-11-24-9-7-8-10-25(24)17-27)32-14-13-30-33-31(35(4,5)34(30)38-32)19-29(40-33)18-26(20-36)37-6/h7-19H,1-5H3/b26-18-. The number of fused-ring (bicyclic) bond motifs is 4. The summed E-state index contributed by atoms with van der Waals surface area (Å²) in [7, 11) is 0. The number of aromatic nitrogens is 1. The maximum Gasteiger partial charge on any atom is 0.263 e. The molecule has 1 aliphatic carbocycles. The van der Waals surface area contributed by atoms with Gasteiger partial charge in [-0.05, 0) is 102 Å². The molecule has 40 heavy (non-hydrogen) atoms. The van der Waals surface area contributed by atoms with E-state index in [4.69, 9.17) is 11.6 Å². The third-order valence-corrected chi connectivity index (χ3v) is 9.16. The van der Waals surface area contributed by atoms with Gasteiger partial charge in [-0.3, -0.25) is 4.90 Å². The third kappa shape index (κ3) is 4.08. The third-order valence-electron chi connectivity index (χ3n) is 8.05. The first-order valence-electron chi connectivity index (χ1n) is 13.2. The minimum atomic E-state index is -0.317. The number of hydrogen-bond acceptors (Lipinski definition) is 4. The number of allylic oxidation sites excluding steroid dienone is 1. The Morgan fingerprint density at radius 1 is 0.950 bits per heavy atom. The Bertz CT molecular complexity index is 1910. The lowest BCUT2D eigenvalue weighted by atomic mass is 9.86. The molecule has 0 radical (unpaired) electrons. The highest BCUT2D eigenvalue weighted by Gasteiger charge is 2.39. The summed E-state index contributed by atoms with van der Waals surface area (Å²) < 4.78 is 0. The number of nitriles is 1. The van der Waals surface area contributed by atoms with Crippen LogP contribution in [0.25, 0.3) is 32.1 Å². The Labute approximate surface area is 239 Å². The molecule has 2 heterocycles. The molecule has 2 aromatic heterocycles. The van der Waals surface area contributed by atoms with Gasteiger partial charge in [-0.1, -0.05) is 44.2 Å². The van der Waals surface area contributed by atoms with Gasteiger partial charge in [0.05, 0.1) is 18.3 Å². The Balaban J connectivity index is 1.53. The van der Waals surface area contributed by atoms with E-state index in [1.54, 1.807) is 17.4 Å². The monoisotopic (exact) mass is 536 g/mol. The fraction of sp³-hybridized carbons (Fsp3) is 0.171. The summed E-state index contributed by atoms with van der Waals surface area (Å²) in [4.78, 5) is 13.0. The molecule has 0 N–H and O–H groups in total. The molecule has 0 fully saturated rings. The van der Waals surface area contributed by atoms with E-state index in [1.165, 1.54) is 33.0 Å². The number of hydrogen-bond donors (Lipinski definition) is 0. The van der Waals surface area contributed by atoms with Crippen molar-refractivity contribution < 1.29 is 0 Å². The predicted octanol–water partition coefficient (Wildman–Crippen LogP) is 9.78. The first kappa shape index (κ1) is 25.6. The number of aryl methyl sites for hydroxylation is 2.